The van der Waals surface area contributed by atoms with Crippen LogP contribution in [0.1, 0.15) is 17.5 Å². The van der Waals surface area contributed by atoms with Crippen LogP contribution in [0.2, 0.25) is 0 Å². The van der Waals surface area contributed by atoms with Gasteiger partial charge in [0.25, 0.3) is 0 Å². The van der Waals surface area contributed by atoms with Gasteiger partial charge in [-0.2, -0.15) is 0 Å². The number of carbonyl (C=O) groups is 1. The summed E-state index contributed by atoms with van der Waals surface area (Å²) in [5.74, 6) is 0.972. The van der Waals surface area contributed by atoms with Crippen molar-refractivity contribution in [1.82, 2.24) is 4.90 Å². The van der Waals surface area contributed by atoms with Crippen LogP contribution in [0.3, 0.4) is 0 Å². The molecule has 1 rings (SSSR count). The number of amides is 1. The molecule has 0 fully saturated rings. The van der Waals surface area contributed by atoms with Crippen molar-refractivity contribution in [3.05, 3.63) is 29.3 Å². The summed E-state index contributed by atoms with van der Waals surface area (Å²) in [5.41, 5.74) is 7.58. The average Bonchev–Trinajstić information content (AvgIpc) is 2.33. The first kappa shape index (κ1) is 14.5. The van der Waals surface area contributed by atoms with Crippen LogP contribution >= 0.6 is 0 Å². The van der Waals surface area contributed by atoms with Crippen LogP contribution < -0.4 is 10.5 Å². The maximum absolute atomic E-state index is 11.5. The van der Waals surface area contributed by atoms with Crippen molar-refractivity contribution in [3.63, 3.8) is 0 Å². The second-order valence-electron chi connectivity index (χ2n) is 4.42. The first-order valence-electron chi connectivity index (χ1n) is 6.19. The molecular weight excluding hydrogens is 228 g/mol. The molecular formula is C14H22N2O2. The Labute approximate surface area is 109 Å². The number of nitrogens with zero attached hydrogens (tertiary/aromatic N) is 1. The zero-order valence-corrected chi connectivity index (χ0v) is 11.4. The molecule has 4 nitrogen and oxygen atoms in total. The number of carbonyl (C=O) groups excluding carboxylic acids is 1. The lowest BCUT2D eigenvalue weighted by Crippen LogP contribution is -2.32. The molecule has 0 aliphatic heterocycles. The van der Waals surface area contributed by atoms with E-state index in [1.54, 1.807) is 11.9 Å². The molecule has 100 valence electrons. The molecule has 0 atom stereocenters. The molecule has 0 aliphatic carbocycles. The van der Waals surface area contributed by atoms with Crippen LogP contribution in [-0.4, -0.2) is 37.6 Å². The number of benzene rings is 1. The van der Waals surface area contributed by atoms with Crippen molar-refractivity contribution in [2.75, 3.05) is 26.7 Å². The molecule has 0 saturated heterocycles. The van der Waals surface area contributed by atoms with Crippen LogP contribution in [0.5, 0.6) is 5.75 Å². The van der Waals surface area contributed by atoms with Crippen molar-refractivity contribution >= 4 is 5.91 Å². The van der Waals surface area contributed by atoms with Crippen molar-refractivity contribution in [3.8, 4) is 5.75 Å². The third-order valence-corrected chi connectivity index (χ3v) is 2.87. The minimum atomic E-state index is 0.0580. The van der Waals surface area contributed by atoms with E-state index in [0.717, 1.165) is 16.9 Å². The molecule has 0 spiro atoms. The second-order valence-corrected chi connectivity index (χ2v) is 4.42. The van der Waals surface area contributed by atoms with E-state index < -0.39 is 0 Å². The first-order chi connectivity index (χ1) is 8.56. The van der Waals surface area contributed by atoms with Crippen LogP contribution in [-0.2, 0) is 4.79 Å². The molecule has 0 radical (unpaired) electrons. The minimum absolute atomic E-state index is 0.0580. The van der Waals surface area contributed by atoms with E-state index in [1.807, 2.05) is 32.0 Å². The fraction of sp³-hybridized carbons (Fsp3) is 0.500. The van der Waals surface area contributed by atoms with E-state index in [4.69, 9.17) is 10.5 Å². The quantitative estimate of drug-likeness (QED) is 0.832. The molecule has 0 saturated carbocycles. The Hall–Kier alpha value is -1.55. The maximum Gasteiger partial charge on any atom is 0.223 e. The summed E-state index contributed by atoms with van der Waals surface area (Å²) < 4.78 is 5.74. The van der Waals surface area contributed by atoms with Crippen LogP contribution in [0.15, 0.2) is 18.2 Å². The summed E-state index contributed by atoms with van der Waals surface area (Å²) in [6.45, 7) is 5.50. The van der Waals surface area contributed by atoms with Gasteiger partial charge in [0, 0.05) is 20.0 Å². The lowest BCUT2D eigenvalue weighted by molar-refractivity contribution is -0.130. The normalized spacial score (nSPS) is 10.2. The average molecular weight is 250 g/mol. The summed E-state index contributed by atoms with van der Waals surface area (Å²) in [7, 11) is 1.77. The smallest absolute Gasteiger partial charge is 0.223 e. The van der Waals surface area contributed by atoms with Gasteiger partial charge in [-0.05, 0) is 25.0 Å². The molecule has 1 aromatic rings. The van der Waals surface area contributed by atoms with Gasteiger partial charge < -0.3 is 15.4 Å². The van der Waals surface area contributed by atoms with Gasteiger partial charge in [-0.3, -0.25) is 4.79 Å². The monoisotopic (exact) mass is 250 g/mol. The van der Waals surface area contributed by atoms with E-state index in [0.29, 0.717) is 26.1 Å². The van der Waals surface area contributed by atoms with E-state index >= 15 is 0 Å². The van der Waals surface area contributed by atoms with Crippen molar-refractivity contribution in [1.29, 1.82) is 0 Å². The van der Waals surface area contributed by atoms with Crippen molar-refractivity contribution < 1.29 is 9.53 Å². The Balaban J connectivity index is 2.44. The van der Waals surface area contributed by atoms with Crippen LogP contribution in [0, 0.1) is 13.8 Å². The van der Waals surface area contributed by atoms with Gasteiger partial charge in [0.1, 0.15) is 12.4 Å². The van der Waals surface area contributed by atoms with Gasteiger partial charge in [0.15, 0.2) is 0 Å². The van der Waals surface area contributed by atoms with Gasteiger partial charge in [0.05, 0.1) is 6.54 Å². The largest absolute Gasteiger partial charge is 0.491 e. The highest BCUT2D eigenvalue weighted by atomic mass is 16.5. The third-order valence-electron chi connectivity index (χ3n) is 2.87. The third kappa shape index (κ3) is 4.04. The predicted octanol–water partition coefficient (Wildman–Crippen LogP) is 1.49. The standard InChI is InChI=1S/C14H22N2O2/c1-11-5-4-6-12(2)14(11)18-10-9-16(3)13(17)7-8-15/h4-6H,7-10,15H2,1-3H3. The number of hydrogen-bond donors (Lipinski definition) is 1. The van der Waals surface area contributed by atoms with E-state index in [9.17, 15) is 4.79 Å². The molecule has 4 heteroatoms. The lowest BCUT2D eigenvalue weighted by atomic mass is 10.1. The fourth-order valence-electron chi connectivity index (χ4n) is 1.75. The number of likely N-dealkylation sites (N-methyl/N-ethyl adjacent to an activating group) is 1. The van der Waals surface area contributed by atoms with Gasteiger partial charge >= 0.3 is 0 Å². The summed E-state index contributed by atoms with van der Waals surface area (Å²) in [4.78, 5) is 13.2. The highest BCUT2D eigenvalue weighted by Crippen LogP contribution is 2.21. The Morgan fingerprint density at radius 1 is 1.33 bits per heavy atom. The second kappa shape index (κ2) is 7.01. The zero-order valence-electron chi connectivity index (χ0n) is 11.4. The van der Waals surface area contributed by atoms with Gasteiger partial charge in [0.2, 0.25) is 5.91 Å². The number of para-hydroxylation sites is 1. The highest BCUT2D eigenvalue weighted by molar-refractivity contribution is 5.75. The minimum Gasteiger partial charge on any atom is -0.491 e. The van der Waals surface area contributed by atoms with E-state index in [-0.39, 0.29) is 5.91 Å². The number of ether oxygens (including phenoxy) is 1. The van der Waals surface area contributed by atoms with Crippen molar-refractivity contribution in [2.24, 2.45) is 5.73 Å². The molecule has 0 aliphatic rings. The molecule has 1 amide bonds. The van der Waals surface area contributed by atoms with E-state index in [1.165, 1.54) is 0 Å². The molecule has 0 aromatic heterocycles. The predicted molar refractivity (Wildman–Crippen MR) is 72.7 cm³/mol. The van der Waals surface area contributed by atoms with Crippen LogP contribution in [0.25, 0.3) is 0 Å². The summed E-state index contributed by atoms with van der Waals surface area (Å²) in [5, 5.41) is 0. The Morgan fingerprint density at radius 3 is 2.50 bits per heavy atom. The topological polar surface area (TPSA) is 55.6 Å². The Kier molecular flexibility index (Phi) is 5.65. The Morgan fingerprint density at radius 2 is 1.94 bits per heavy atom. The molecule has 1 aromatic carbocycles. The molecule has 0 heterocycles. The molecule has 0 unspecified atom stereocenters. The van der Waals surface area contributed by atoms with Crippen molar-refractivity contribution in [2.45, 2.75) is 20.3 Å². The first-order valence-corrected chi connectivity index (χ1v) is 6.19. The number of hydrogen-bond acceptors (Lipinski definition) is 3. The molecule has 18 heavy (non-hydrogen) atoms. The highest BCUT2D eigenvalue weighted by Gasteiger charge is 2.08. The summed E-state index contributed by atoms with van der Waals surface area (Å²) in [6, 6.07) is 6.05. The van der Waals surface area contributed by atoms with Gasteiger partial charge in [-0.15, -0.1) is 0 Å². The SMILES string of the molecule is Cc1cccc(C)c1OCCN(C)C(=O)CCN. The van der Waals surface area contributed by atoms with E-state index in [2.05, 4.69) is 0 Å². The zero-order chi connectivity index (χ0) is 13.5. The van der Waals surface area contributed by atoms with Gasteiger partial charge in [-0.25, -0.2) is 0 Å². The number of aryl methyl sites for hydroxylation is 2. The summed E-state index contributed by atoms with van der Waals surface area (Å²) in [6.07, 6.45) is 0.389. The maximum atomic E-state index is 11.5. The van der Waals surface area contributed by atoms with Gasteiger partial charge in [-0.1, -0.05) is 18.2 Å². The van der Waals surface area contributed by atoms with Crippen LogP contribution in [0.4, 0.5) is 0 Å². The molecule has 0 bridgehead atoms. The molecule has 2 N–H and O–H groups in total. The number of rotatable bonds is 6. The number of nitrogens with two attached hydrogens (primary N) is 1. The Bertz CT molecular complexity index is 385. The summed E-state index contributed by atoms with van der Waals surface area (Å²) >= 11 is 0. The lowest BCUT2D eigenvalue weighted by Gasteiger charge is -2.18. The fourth-order valence-corrected chi connectivity index (χ4v) is 1.75.